The highest BCUT2D eigenvalue weighted by Crippen LogP contribution is 2.27. The van der Waals surface area contributed by atoms with E-state index in [1.165, 1.54) is 5.56 Å². The van der Waals surface area contributed by atoms with Gasteiger partial charge in [0.15, 0.2) is 0 Å². The lowest BCUT2D eigenvalue weighted by molar-refractivity contribution is 0.498. The molecule has 0 fully saturated rings. The lowest BCUT2D eigenvalue weighted by Gasteiger charge is -2.18. The normalized spacial score (nSPS) is 12.3. The van der Waals surface area contributed by atoms with E-state index in [0.29, 0.717) is 6.04 Å². The standard InChI is InChI=1S/C18H21Cl2N/c1-2-21-18(14-8-4-3-5-9-14)13-6-10-15-16(19)11-7-12-17(15)20/h3-5,7-9,11-12,18,21H,2,6,10,13H2,1H3. The minimum atomic E-state index is 0.387. The number of halogens is 2. The van der Waals surface area contributed by atoms with Gasteiger partial charge in [0, 0.05) is 16.1 Å². The monoisotopic (exact) mass is 321 g/mol. The van der Waals surface area contributed by atoms with Crippen LogP contribution in [0.1, 0.15) is 36.9 Å². The molecule has 2 aromatic rings. The number of hydrogen-bond donors (Lipinski definition) is 1. The van der Waals surface area contributed by atoms with Gasteiger partial charge < -0.3 is 5.32 Å². The zero-order valence-corrected chi connectivity index (χ0v) is 13.8. The van der Waals surface area contributed by atoms with Gasteiger partial charge in [0.1, 0.15) is 0 Å². The van der Waals surface area contributed by atoms with Crippen molar-refractivity contribution in [1.82, 2.24) is 5.32 Å². The van der Waals surface area contributed by atoms with E-state index in [0.717, 1.165) is 41.4 Å². The number of hydrogen-bond acceptors (Lipinski definition) is 1. The van der Waals surface area contributed by atoms with E-state index in [9.17, 15) is 0 Å². The summed E-state index contributed by atoms with van der Waals surface area (Å²) in [6.07, 6.45) is 3.03. The molecule has 0 saturated carbocycles. The van der Waals surface area contributed by atoms with Crippen LogP contribution in [-0.2, 0) is 6.42 Å². The van der Waals surface area contributed by atoms with Crippen LogP contribution in [-0.4, -0.2) is 6.54 Å². The zero-order valence-electron chi connectivity index (χ0n) is 12.3. The van der Waals surface area contributed by atoms with Crippen LogP contribution in [0.4, 0.5) is 0 Å². The maximum absolute atomic E-state index is 6.22. The van der Waals surface area contributed by atoms with Crippen molar-refractivity contribution in [2.24, 2.45) is 0 Å². The Morgan fingerprint density at radius 1 is 0.952 bits per heavy atom. The van der Waals surface area contributed by atoms with Crippen LogP contribution >= 0.6 is 23.2 Å². The highest BCUT2D eigenvalue weighted by Gasteiger charge is 2.11. The molecule has 0 aliphatic rings. The largest absolute Gasteiger partial charge is 0.310 e. The van der Waals surface area contributed by atoms with Crippen LogP contribution in [0.5, 0.6) is 0 Å². The summed E-state index contributed by atoms with van der Waals surface area (Å²) in [7, 11) is 0. The molecule has 2 rings (SSSR count). The number of nitrogens with one attached hydrogen (secondary N) is 1. The predicted molar refractivity (Wildman–Crippen MR) is 92.3 cm³/mol. The molecule has 1 atom stereocenters. The van der Waals surface area contributed by atoms with E-state index < -0.39 is 0 Å². The first-order valence-corrected chi connectivity index (χ1v) is 8.19. The Hall–Kier alpha value is -1.02. The van der Waals surface area contributed by atoms with Crippen LogP contribution in [0.25, 0.3) is 0 Å². The van der Waals surface area contributed by atoms with Crippen LogP contribution in [0.3, 0.4) is 0 Å². The third-order valence-electron chi connectivity index (χ3n) is 3.63. The van der Waals surface area contributed by atoms with Crippen molar-refractivity contribution in [2.45, 2.75) is 32.2 Å². The van der Waals surface area contributed by atoms with Crippen molar-refractivity contribution in [3.05, 3.63) is 69.7 Å². The van der Waals surface area contributed by atoms with Crippen LogP contribution in [0.15, 0.2) is 48.5 Å². The predicted octanol–water partition coefficient (Wildman–Crippen LogP) is 5.67. The lowest BCUT2D eigenvalue weighted by Crippen LogP contribution is -2.21. The van der Waals surface area contributed by atoms with Gasteiger partial charge in [0.05, 0.1) is 0 Å². The van der Waals surface area contributed by atoms with Gasteiger partial charge in [0.2, 0.25) is 0 Å². The van der Waals surface area contributed by atoms with E-state index in [4.69, 9.17) is 23.2 Å². The summed E-state index contributed by atoms with van der Waals surface area (Å²) in [5, 5.41) is 5.08. The van der Waals surface area contributed by atoms with E-state index in [1.54, 1.807) is 0 Å². The fraction of sp³-hybridized carbons (Fsp3) is 0.333. The van der Waals surface area contributed by atoms with Crippen molar-refractivity contribution in [3.63, 3.8) is 0 Å². The third kappa shape index (κ3) is 4.74. The van der Waals surface area contributed by atoms with Crippen molar-refractivity contribution in [2.75, 3.05) is 6.54 Å². The molecule has 2 aromatic carbocycles. The minimum absolute atomic E-state index is 0.387. The molecule has 0 bridgehead atoms. The topological polar surface area (TPSA) is 12.0 Å². The Kier molecular flexibility index (Phi) is 6.56. The molecule has 0 aliphatic heterocycles. The van der Waals surface area contributed by atoms with E-state index in [2.05, 4.69) is 42.6 Å². The Bertz CT molecular complexity index is 534. The van der Waals surface area contributed by atoms with Gasteiger partial charge in [-0.15, -0.1) is 0 Å². The zero-order chi connectivity index (χ0) is 15.1. The minimum Gasteiger partial charge on any atom is -0.310 e. The second kappa shape index (κ2) is 8.43. The molecule has 3 heteroatoms. The SMILES string of the molecule is CCNC(CCCc1c(Cl)cccc1Cl)c1ccccc1. The summed E-state index contributed by atoms with van der Waals surface area (Å²) in [6.45, 7) is 3.10. The maximum Gasteiger partial charge on any atom is 0.0452 e. The summed E-state index contributed by atoms with van der Waals surface area (Å²) in [6, 6.07) is 16.7. The summed E-state index contributed by atoms with van der Waals surface area (Å²) in [5.74, 6) is 0. The number of rotatable bonds is 7. The van der Waals surface area contributed by atoms with Crippen molar-refractivity contribution in [3.8, 4) is 0 Å². The first-order valence-electron chi connectivity index (χ1n) is 7.43. The molecule has 0 spiro atoms. The summed E-state index contributed by atoms with van der Waals surface area (Å²) < 4.78 is 0. The van der Waals surface area contributed by atoms with Gasteiger partial charge >= 0.3 is 0 Å². The molecule has 0 saturated heterocycles. The Balaban J connectivity index is 1.97. The molecule has 0 aromatic heterocycles. The van der Waals surface area contributed by atoms with Gasteiger partial charge in [0.25, 0.3) is 0 Å². The molecule has 21 heavy (non-hydrogen) atoms. The molecule has 0 amide bonds. The average molecular weight is 322 g/mol. The van der Waals surface area contributed by atoms with Gasteiger partial charge in [-0.2, -0.15) is 0 Å². The summed E-state index contributed by atoms with van der Waals surface area (Å²) >= 11 is 12.4. The second-order valence-electron chi connectivity index (χ2n) is 5.11. The summed E-state index contributed by atoms with van der Waals surface area (Å²) in [4.78, 5) is 0. The van der Waals surface area contributed by atoms with E-state index >= 15 is 0 Å². The molecule has 112 valence electrons. The van der Waals surface area contributed by atoms with Crippen molar-refractivity contribution in [1.29, 1.82) is 0 Å². The first-order chi connectivity index (χ1) is 10.2. The smallest absolute Gasteiger partial charge is 0.0452 e. The van der Waals surface area contributed by atoms with E-state index in [-0.39, 0.29) is 0 Å². The fourth-order valence-corrected chi connectivity index (χ4v) is 3.16. The molecule has 0 heterocycles. The fourth-order valence-electron chi connectivity index (χ4n) is 2.57. The van der Waals surface area contributed by atoms with Gasteiger partial charge in [-0.1, -0.05) is 66.5 Å². The summed E-state index contributed by atoms with van der Waals surface area (Å²) in [5.41, 5.74) is 2.40. The van der Waals surface area contributed by atoms with Crippen LogP contribution < -0.4 is 5.32 Å². The average Bonchev–Trinajstić information content (AvgIpc) is 2.50. The number of benzene rings is 2. The lowest BCUT2D eigenvalue weighted by atomic mass is 9.99. The van der Waals surface area contributed by atoms with Crippen molar-refractivity contribution >= 4 is 23.2 Å². The van der Waals surface area contributed by atoms with Gasteiger partial charge in [-0.25, -0.2) is 0 Å². The van der Waals surface area contributed by atoms with E-state index in [1.807, 2.05) is 18.2 Å². The molecular formula is C18H21Cl2N. The van der Waals surface area contributed by atoms with Crippen molar-refractivity contribution < 1.29 is 0 Å². The van der Waals surface area contributed by atoms with Crippen LogP contribution in [0, 0.1) is 0 Å². The molecule has 0 radical (unpaired) electrons. The Labute approximate surface area is 137 Å². The molecule has 1 unspecified atom stereocenters. The molecular weight excluding hydrogens is 301 g/mol. The van der Waals surface area contributed by atoms with Gasteiger partial charge in [-0.3, -0.25) is 0 Å². The quantitative estimate of drug-likeness (QED) is 0.693. The van der Waals surface area contributed by atoms with Gasteiger partial charge in [-0.05, 0) is 49.1 Å². The molecule has 1 N–H and O–H groups in total. The molecule has 0 aliphatic carbocycles. The first kappa shape index (κ1) is 16.4. The van der Waals surface area contributed by atoms with Crippen LogP contribution in [0.2, 0.25) is 10.0 Å². The maximum atomic E-state index is 6.22. The Morgan fingerprint density at radius 2 is 1.62 bits per heavy atom. The highest BCUT2D eigenvalue weighted by molar-refractivity contribution is 6.35. The second-order valence-corrected chi connectivity index (χ2v) is 5.93. The third-order valence-corrected chi connectivity index (χ3v) is 4.34. The Morgan fingerprint density at radius 3 is 2.24 bits per heavy atom. The highest BCUT2D eigenvalue weighted by atomic mass is 35.5. The molecule has 1 nitrogen and oxygen atoms in total.